The Morgan fingerprint density at radius 3 is 2.60 bits per heavy atom. The molecule has 0 spiro atoms. The molecule has 0 saturated carbocycles. The van der Waals surface area contributed by atoms with Crippen molar-refractivity contribution in [3.63, 3.8) is 0 Å². The van der Waals surface area contributed by atoms with E-state index in [0.29, 0.717) is 13.1 Å². The molecule has 2 aromatic carbocycles. The van der Waals surface area contributed by atoms with Crippen molar-refractivity contribution in [2.24, 2.45) is 11.7 Å². The summed E-state index contributed by atoms with van der Waals surface area (Å²) in [5, 5.41) is 0. The van der Waals surface area contributed by atoms with Crippen molar-refractivity contribution in [2.45, 2.75) is 26.4 Å². The van der Waals surface area contributed by atoms with E-state index in [1.807, 2.05) is 67.3 Å². The number of rotatable bonds is 6. The van der Waals surface area contributed by atoms with Crippen molar-refractivity contribution < 1.29 is 14.3 Å². The van der Waals surface area contributed by atoms with Crippen LogP contribution in [0.5, 0.6) is 11.5 Å². The third-order valence-electron chi connectivity index (χ3n) is 4.62. The Kier molecular flexibility index (Phi) is 5.24. The molecule has 2 N–H and O–H groups in total. The van der Waals surface area contributed by atoms with E-state index >= 15 is 0 Å². The Morgan fingerprint density at radius 2 is 1.88 bits per heavy atom. The predicted octanol–water partition coefficient (Wildman–Crippen LogP) is 3.10. The third kappa shape index (κ3) is 3.77. The van der Waals surface area contributed by atoms with Gasteiger partial charge in [-0.05, 0) is 30.2 Å². The number of nitrogens with two attached hydrogens (primary N) is 1. The van der Waals surface area contributed by atoms with Gasteiger partial charge in [0.05, 0.1) is 5.92 Å². The zero-order valence-electron chi connectivity index (χ0n) is 14.6. The molecule has 0 saturated heterocycles. The number of nitrogens with zero attached hydrogens (tertiary/aromatic N) is 1. The number of amides is 1. The molecule has 1 aliphatic heterocycles. The number of benzene rings is 2. The lowest BCUT2D eigenvalue weighted by molar-refractivity contribution is -0.136. The summed E-state index contributed by atoms with van der Waals surface area (Å²) >= 11 is 0. The SMILES string of the molecule is CCN(Cc1ccc2c(c1)OCO2)C(=O)C(C)C(N)c1ccccc1. The van der Waals surface area contributed by atoms with Gasteiger partial charge in [-0.25, -0.2) is 0 Å². The first-order valence-electron chi connectivity index (χ1n) is 8.58. The summed E-state index contributed by atoms with van der Waals surface area (Å²) in [5.74, 6) is 1.24. The van der Waals surface area contributed by atoms with Crippen LogP contribution in [-0.4, -0.2) is 24.1 Å². The largest absolute Gasteiger partial charge is 0.454 e. The van der Waals surface area contributed by atoms with E-state index in [1.165, 1.54) is 0 Å². The van der Waals surface area contributed by atoms with Gasteiger partial charge >= 0.3 is 0 Å². The lowest BCUT2D eigenvalue weighted by Crippen LogP contribution is -2.38. The van der Waals surface area contributed by atoms with E-state index in [2.05, 4.69) is 0 Å². The van der Waals surface area contributed by atoms with Crippen molar-refractivity contribution in [1.82, 2.24) is 4.90 Å². The molecular formula is C20H24N2O3. The third-order valence-corrected chi connectivity index (χ3v) is 4.62. The minimum atomic E-state index is -0.320. The molecule has 3 rings (SSSR count). The molecule has 0 aromatic heterocycles. The number of ether oxygens (including phenoxy) is 2. The summed E-state index contributed by atoms with van der Waals surface area (Å²) < 4.78 is 10.7. The van der Waals surface area contributed by atoms with Crippen LogP contribution in [-0.2, 0) is 11.3 Å². The van der Waals surface area contributed by atoms with Crippen LogP contribution < -0.4 is 15.2 Å². The van der Waals surface area contributed by atoms with E-state index in [9.17, 15) is 4.79 Å². The molecule has 1 aliphatic rings. The number of carbonyl (C=O) groups excluding carboxylic acids is 1. The standard InChI is InChI=1S/C20H24N2O3/c1-3-22(12-15-9-10-17-18(11-15)25-13-24-17)20(23)14(2)19(21)16-7-5-4-6-8-16/h4-11,14,19H,3,12-13,21H2,1-2H3. The normalized spacial score (nSPS) is 14.8. The summed E-state index contributed by atoms with van der Waals surface area (Å²) in [6.45, 7) is 5.27. The number of fused-ring (bicyclic) bond motifs is 1. The average Bonchev–Trinajstić information content (AvgIpc) is 3.12. The zero-order chi connectivity index (χ0) is 17.8. The van der Waals surface area contributed by atoms with Gasteiger partial charge in [-0.15, -0.1) is 0 Å². The van der Waals surface area contributed by atoms with Gasteiger partial charge in [0.1, 0.15) is 0 Å². The number of carbonyl (C=O) groups is 1. The van der Waals surface area contributed by atoms with Crippen molar-refractivity contribution in [1.29, 1.82) is 0 Å². The molecule has 25 heavy (non-hydrogen) atoms. The lowest BCUT2D eigenvalue weighted by Gasteiger charge is -2.28. The maximum Gasteiger partial charge on any atom is 0.231 e. The van der Waals surface area contributed by atoms with Gasteiger partial charge in [0.2, 0.25) is 12.7 Å². The fourth-order valence-electron chi connectivity index (χ4n) is 3.01. The fourth-order valence-corrected chi connectivity index (χ4v) is 3.01. The van der Waals surface area contributed by atoms with Crippen LogP contribution in [0.2, 0.25) is 0 Å². The molecule has 1 heterocycles. The van der Waals surface area contributed by atoms with Crippen molar-refractivity contribution in [3.8, 4) is 11.5 Å². The van der Waals surface area contributed by atoms with E-state index in [4.69, 9.17) is 15.2 Å². The summed E-state index contributed by atoms with van der Waals surface area (Å²) in [7, 11) is 0. The second kappa shape index (κ2) is 7.57. The summed E-state index contributed by atoms with van der Waals surface area (Å²) in [6, 6.07) is 15.2. The van der Waals surface area contributed by atoms with Crippen molar-refractivity contribution >= 4 is 5.91 Å². The first kappa shape index (κ1) is 17.3. The average molecular weight is 340 g/mol. The predicted molar refractivity (Wildman–Crippen MR) is 96.2 cm³/mol. The van der Waals surface area contributed by atoms with E-state index < -0.39 is 0 Å². The maximum absolute atomic E-state index is 12.9. The van der Waals surface area contributed by atoms with Crippen LogP contribution in [0.15, 0.2) is 48.5 Å². The second-order valence-electron chi connectivity index (χ2n) is 6.27. The van der Waals surface area contributed by atoms with Gasteiger partial charge in [-0.1, -0.05) is 43.3 Å². The number of hydrogen-bond acceptors (Lipinski definition) is 4. The van der Waals surface area contributed by atoms with Gasteiger partial charge in [-0.2, -0.15) is 0 Å². The molecule has 2 unspecified atom stereocenters. The molecule has 2 aromatic rings. The zero-order valence-corrected chi connectivity index (χ0v) is 14.6. The molecule has 2 atom stereocenters. The second-order valence-corrected chi connectivity index (χ2v) is 6.27. The summed E-state index contributed by atoms with van der Waals surface area (Å²) in [5.41, 5.74) is 8.30. The minimum Gasteiger partial charge on any atom is -0.454 e. The molecule has 0 bridgehead atoms. The van der Waals surface area contributed by atoms with E-state index in [0.717, 1.165) is 22.6 Å². The van der Waals surface area contributed by atoms with Crippen LogP contribution in [0, 0.1) is 5.92 Å². The summed E-state index contributed by atoms with van der Waals surface area (Å²) in [6.07, 6.45) is 0. The van der Waals surface area contributed by atoms with Crippen LogP contribution >= 0.6 is 0 Å². The first-order chi connectivity index (χ1) is 12.1. The van der Waals surface area contributed by atoms with Crippen LogP contribution in [0.3, 0.4) is 0 Å². The topological polar surface area (TPSA) is 64.8 Å². The number of hydrogen-bond donors (Lipinski definition) is 1. The Morgan fingerprint density at radius 1 is 1.16 bits per heavy atom. The van der Waals surface area contributed by atoms with E-state index in [1.54, 1.807) is 0 Å². The van der Waals surface area contributed by atoms with Gasteiger partial charge in [-0.3, -0.25) is 4.79 Å². The Hall–Kier alpha value is -2.53. The van der Waals surface area contributed by atoms with Crippen LogP contribution in [0.1, 0.15) is 31.0 Å². The Balaban J connectivity index is 1.70. The Bertz CT molecular complexity index is 733. The maximum atomic E-state index is 12.9. The Labute approximate surface area is 148 Å². The molecule has 0 aliphatic carbocycles. The molecule has 0 fully saturated rings. The van der Waals surface area contributed by atoms with Gasteiger partial charge in [0.25, 0.3) is 0 Å². The highest BCUT2D eigenvalue weighted by Crippen LogP contribution is 2.33. The summed E-state index contributed by atoms with van der Waals surface area (Å²) in [4.78, 5) is 14.7. The minimum absolute atomic E-state index is 0.0523. The van der Waals surface area contributed by atoms with E-state index in [-0.39, 0.29) is 24.7 Å². The van der Waals surface area contributed by atoms with Crippen molar-refractivity contribution in [2.75, 3.05) is 13.3 Å². The van der Waals surface area contributed by atoms with Crippen LogP contribution in [0.4, 0.5) is 0 Å². The molecule has 1 amide bonds. The lowest BCUT2D eigenvalue weighted by atomic mass is 9.94. The van der Waals surface area contributed by atoms with Crippen LogP contribution in [0.25, 0.3) is 0 Å². The molecule has 0 radical (unpaired) electrons. The first-order valence-corrected chi connectivity index (χ1v) is 8.58. The molecule has 132 valence electrons. The van der Waals surface area contributed by atoms with Gasteiger partial charge in [0, 0.05) is 19.1 Å². The fraction of sp³-hybridized carbons (Fsp3) is 0.350. The van der Waals surface area contributed by atoms with Gasteiger partial charge in [0.15, 0.2) is 11.5 Å². The molecule has 5 nitrogen and oxygen atoms in total. The molecule has 5 heteroatoms. The highest BCUT2D eigenvalue weighted by molar-refractivity contribution is 5.79. The van der Waals surface area contributed by atoms with Gasteiger partial charge < -0.3 is 20.1 Å². The monoisotopic (exact) mass is 340 g/mol. The highest BCUT2D eigenvalue weighted by atomic mass is 16.7. The smallest absolute Gasteiger partial charge is 0.231 e. The molecular weight excluding hydrogens is 316 g/mol. The quantitative estimate of drug-likeness (QED) is 0.877. The highest BCUT2D eigenvalue weighted by Gasteiger charge is 2.26. The van der Waals surface area contributed by atoms with Crippen molar-refractivity contribution in [3.05, 3.63) is 59.7 Å².